The summed E-state index contributed by atoms with van der Waals surface area (Å²) in [6.45, 7) is 4.85. The van der Waals surface area contributed by atoms with Gasteiger partial charge in [0.05, 0.1) is 11.4 Å². The number of halogens is 2. The van der Waals surface area contributed by atoms with E-state index in [1.54, 1.807) is 6.07 Å². The summed E-state index contributed by atoms with van der Waals surface area (Å²) in [5, 5.41) is 5.22. The fraction of sp³-hybridized carbons (Fsp3) is 0.125. The first kappa shape index (κ1) is 19.2. The molecule has 4 rings (SSSR count). The normalized spacial score (nSPS) is 11.0. The molecule has 0 unspecified atom stereocenters. The van der Waals surface area contributed by atoms with Crippen LogP contribution in [0.15, 0.2) is 73.4 Å². The molecule has 0 amide bonds. The van der Waals surface area contributed by atoms with Crippen LogP contribution < -0.4 is 5.32 Å². The molecule has 4 aromatic rings. The number of rotatable bonds is 7. The molecule has 0 aliphatic heterocycles. The van der Waals surface area contributed by atoms with Gasteiger partial charge in [0.2, 0.25) is 0 Å². The molecule has 5 heteroatoms. The molecule has 3 nitrogen and oxygen atoms in total. The van der Waals surface area contributed by atoms with Crippen molar-refractivity contribution < 1.29 is 4.39 Å². The van der Waals surface area contributed by atoms with Crippen molar-refractivity contribution in [2.75, 3.05) is 6.54 Å². The van der Waals surface area contributed by atoms with Gasteiger partial charge in [0.25, 0.3) is 0 Å². The van der Waals surface area contributed by atoms with E-state index in [2.05, 4.69) is 21.9 Å². The summed E-state index contributed by atoms with van der Waals surface area (Å²) in [6.07, 6.45) is 3.43. The maximum Gasteiger partial charge on any atom is 0.123 e. The van der Waals surface area contributed by atoms with E-state index in [4.69, 9.17) is 11.6 Å². The van der Waals surface area contributed by atoms with Gasteiger partial charge in [0, 0.05) is 40.8 Å². The summed E-state index contributed by atoms with van der Waals surface area (Å²) in [7, 11) is 0. The number of benzene rings is 2. The third-order valence-corrected chi connectivity index (χ3v) is 5.09. The van der Waals surface area contributed by atoms with E-state index in [1.165, 1.54) is 17.7 Å². The van der Waals surface area contributed by atoms with Crippen LogP contribution in [0.1, 0.15) is 22.5 Å². The Labute approximate surface area is 174 Å². The van der Waals surface area contributed by atoms with Gasteiger partial charge in [-0.2, -0.15) is 0 Å². The minimum atomic E-state index is -0.233. The first-order valence-corrected chi connectivity index (χ1v) is 9.85. The maximum absolute atomic E-state index is 13.4. The molecule has 146 valence electrons. The van der Waals surface area contributed by atoms with Crippen molar-refractivity contribution >= 4 is 28.2 Å². The van der Waals surface area contributed by atoms with E-state index < -0.39 is 0 Å². The van der Waals surface area contributed by atoms with E-state index in [-0.39, 0.29) is 5.82 Å². The van der Waals surface area contributed by atoms with Gasteiger partial charge in [-0.05, 0) is 60.0 Å². The number of aromatic nitrogens is 2. The molecule has 29 heavy (non-hydrogen) atoms. The Kier molecular flexibility index (Phi) is 5.63. The molecule has 0 saturated carbocycles. The summed E-state index contributed by atoms with van der Waals surface area (Å²) in [5.74, 6) is -0.233. The monoisotopic (exact) mass is 405 g/mol. The highest BCUT2D eigenvalue weighted by Crippen LogP contribution is 2.22. The first-order chi connectivity index (χ1) is 14.1. The van der Waals surface area contributed by atoms with Gasteiger partial charge < -0.3 is 10.3 Å². The number of aromatic amines is 1. The first-order valence-electron chi connectivity index (χ1n) is 9.47. The summed E-state index contributed by atoms with van der Waals surface area (Å²) < 4.78 is 13.4. The number of H-pyrrole nitrogens is 1. The van der Waals surface area contributed by atoms with Crippen LogP contribution in [0.4, 0.5) is 4.39 Å². The lowest BCUT2D eigenvalue weighted by atomic mass is 10.1. The Morgan fingerprint density at radius 3 is 2.83 bits per heavy atom. The topological polar surface area (TPSA) is 40.7 Å². The van der Waals surface area contributed by atoms with E-state index in [9.17, 15) is 4.39 Å². The third-order valence-electron chi connectivity index (χ3n) is 4.85. The molecule has 2 heterocycles. The third kappa shape index (κ3) is 4.66. The Balaban J connectivity index is 1.39. The van der Waals surface area contributed by atoms with Gasteiger partial charge in [0.15, 0.2) is 0 Å². The molecular formula is C24H21ClFN3. The maximum atomic E-state index is 13.4. The Bertz CT molecular complexity index is 1170. The quantitative estimate of drug-likeness (QED) is 0.411. The lowest BCUT2D eigenvalue weighted by Gasteiger charge is -2.10. The lowest BCUT2D eigenvalue weighted by Crippen LogP contribution is -2.16. The molecule has 0 saturated heterocycles. The Morgan fingerprint density at radius 2 is 1.97 bits per heavy atom. The number of nitrogens with zero attached hydrogens (tertiary/aromatic N) is 1. The summed E-state index contributed by atoms with van der Waals surface area (Å²) in [4.78, 5) is 7.94. The highest BCUT2D eigenvalue weighted by molar-refractivity contribution is 6.31. The summed E-state index contributed by atoms with van der Waals surface area (Å²) in [6, 6.07) is 18.3. The largest absolute Gasteiger partial charge is 0.383 e. The van der Waals surface area contributed by atoms with Crippen molar-refractivity contribution in [1.82, 2.24) is 15.3 Å². The fourth-order valence-electron chi connectivity index (χ4n) is 3.40. The van der Waals surface area contributed by atoms with Crippen LogP contribution in [-0.4, -0.2) is 16.5 Å². The Hall–Kier alpha value is -3.11. The number of hydrogen-bond donors (Lipinski definition) is 2. The second-order valence-corrected chi connectivity index (χ2v) is 7.42. The summed E-state index contributed by atoms with van der Waals surface area (Å²) in [5.41, 5.74) is 5.61. The zero-order valence-corrected chi connectivity index (χ0v) is 16.6. The van der Waals surface area contributed by atoms with Crippen molar-refractivity contribution in [3.63, 3.8) is 0 Å². The zero-order valence-electron chi connectivity index (χ0n) is 15.9. The smallest absolute Gasteiger partial charge is 0.123 e. The summed E-state index contributed by atoms with van der Waals surface area (Å²) >= 11 is 6.12. The van der Waals surface area contributed by atoms with Crippen molar-refractivity contribution in [2.45, 2.75) is 12.8 Å². The second kappa shape index (κ2) is 8.50. The number of pyridine rings is 1. The molecule has 0 radical (unpaired) electrons. The van der Waals surface area contributed by atoms with E-state index in [1.807, 2.05) is 48.7 Å². The predicted molar refractivity (Wildman–Crippen MR) is 117 cm³/mol. The molecule has 2 N–H and O–H groups in total. The zero-order chi connectivity index (χ0) is 20.2. The number of nitrogens with one attached hydrogen (secondary N) is 2. The van der Waals surface area contributed by atoms with E-state index >= 15 is 0 Å². The highest BCUT2D eigenvalue weighted by atomic mass is 35.5. The van der Waals surface area contributed by atoms with Gasteiger partial charge in [-0.25, -0.2) is 4.39 Å². The van der Waals surface area contributed by atoms with Crippen molar-refractivity contribution in [1.29, 1.82) is 0 Å². The van der Waals surface area contributed by atoms with Crippen molar-refractivity contribution in [3.8, 4) is 0 Å². The molecule has 2 aromatic heterocycles. The van der Waals surface area contributed by atoms with Crippen LogP contribution in [0.5, 0.6) is 0 Å². The second-order valence-electron chi connectivity index (χ2n) is 6.98. The highest BCUT2D eigenvalue weighted by Gasteiger charge is 2.07. The van der Waals surface area contributed by atoms with Crippen molar-refractivity contribution in [2.24, 2.45) is 0 Å². The number of fused-ring (bicyclic) bond motifs is 1. The predicted octanol–water partition coefficient (Wildman–Crippen LogP) is 5.75. The standard InChI is InChI=1S/C24H21ClFN3/c1-16(27-11-10-18-15-28-24-9-8-19(25)14-22(18)24)23-7-3-6-21(29-23)13-17-4-2-5-20(26)12-17/h2-9,12,14-15,27-28H,1,10-11,13H2. The van der Waals surface area contributed by atoms with Gasteiger partial charge >= 0.3 is 0 Å². The lowest BCUT2D eigenvalue weighted by molar-refractivity contribution is 0.626. The van der Waals surface area contributed by atoms with Crippen LogP contribution in [0.3, 0.4) is 0 Å². The minimum absolute atomic E-state index is 0.233. The number of hydrogen-bond acceptors (Lipinski definition) is 2. The van der Waals surface area contributed by atoms with Crippen LogP contribution >= 0.6 is 11.6 Å². The molecule has 0 aliphatic carbocycles. The van der Waals surface area contributed by atoms with E-state index in [0.717, 1.165) is 51.5 Å². The average Bonchev–Trinajstić information content (AvgIpc) is 3.10. The average molecular weight is 406 g/mol. The molecule has 0 spiro atoms. The minimum Gasteiger partial charge on any atom is -0.383 e. The fourth-order valence-corrected chi connectivity index (χ4v) is 3.57. The van der Waals surface area contributed by atoms with Crippen LogP contribution in [-0.2, 0) is 12.8 Å². The molecule has 2 aromatic carbocycles. The van der Waals surface area contributed by atoms with Crippen LogP contribution in [0, 0.1) is 5.82 Å². The van der Waals surface area contributed by atoms with Crippen molar-refractivity contribution in [3.05, 3.63) is 107 Å². The van der Waals surface area contributed by atoms with Crippen LogP contribution in [0.2, 0.25) is 5.02 Å². The molecule has 0 atom stereocenters. The molecule has 0 aliphatic rings. The van der Waals surface area contributed by atoms with E-state index in [0.29, 0.717) is 6.42 Å². The Morgan fingerprint density at radius 1 is 1.10 bits per heavy atom. The SMILES string of the molecule is C=C(NCCc1c[nH]c2ccc(Cl)cc12)c1cccc(Cc2cccc(F)c2)n1. The van der Waals surface area contributed by atoms with Gasteiger partial charge in [-0.3, -0.25) is 4.98 Å². The molecule has 0 bridgehead atoms. The van der Waals surface area contributed by atoms with Gasteiger partial charge in [0.1, 0.15) is 5.82 Å². The van der Waals surface area contributed by atoms with Gasteiger partial charge in [-0.1, -0.05) is 36.4 Å². The van der Waals surface area contributed by atoms with Gasteiger partial charge in [-0.15, -0.1) is 0 Å². The van der Waals surface area contributed by atoms with Crippen LogP contribution in [0.25, 0.3) is 16.6 Å². The molecule has 0 fully saturated rings. The molecular weight excluding hydrogens is 385 g/mol.